The first kappa shape index (κ1) is 12.9. The summed E-state index contributed by atoms with van der Waals surface area (Å²) in [7, 11) is 0. The van der Waals surface area contributed by atoms with Gasteiger partial charge in [0, 0.05) is 30.5 Å². The number of amides is 1. The average Bonchev–Trinajstić information content (AvgIpc) is 2.78. The van der Waals surface area contributed by atoms with Gasteiger partial charge in [-0.3, -0.25) is 4.98 Å². The topological polar surface area (TPSA) is 42.4 Å². The van der Waals surface area contributed by atoms with Crippen molar-refractivity contribution in [3.63, 3.8) is 0 Å². The second kappa shape index (κ2) is 5.85. The Kier molecular flexibility index (Phi) is 4.18. The van der Waals surface area contributed by atoms with E-state index in [1.165, 1.54) is 0 Å². The molecule has 0 bridgehead atoms. The average molecular weight is 248 g/mol. The number of nitrogens with zero attached hydrogens (tertiary/aromatic N) is 2. The van der Waals surface area contributed by atoms with Gasteiger partial charge in [0.05, 0.1) is 0 Å². The van der Waals surface area contributed by atoms with Crippen LogP contribution < -0.4 is 0 Å². The van der Waals surface area contributed by atoms with E-state index >= 15 is 0 Å². The Hall–Kier alpha value is -1.58. The molecule has 0 N–H and O–H groups in total. The number of pyridine rings is 1. The number of likely N-dealkylation sites (tertiary alicyclic amines) is 1. The molecule has 0 radical (unpaired) electrons. The number of rotatable bonds is 3. The van der Waals surface area contributed by atoms with E-state index in [1.807, 2.05) is 17.0 Å². The molecule has 4 nitrogen and oxygen atoms in total. The van der Waals surface area contributed by atoms with E-state index < -0.39 is 0 Å². The van der Waals surface area contributed by atoms with Crippen LogP contribution in [0.5, 0.6) is 0 Å². The van der Waals surface area contributed by atoms with Gasteiger partial charge in [-0.15, -0.1) is 0 Å². The number of ether oxygens (including phenoxy) is 1. The highest BCUT2D eigenvalue weighted by Crippen LogP contribution is 2.25. The molecular formula is C14H20N2O2. The minimum Gasteiger partial charge on any atom is -0.444 e. The molecule has 2 atom stereocenters. The standard InChI is InChI=1S/C14H20N2O2/c1-3-13-7-11(2)9-16(13)14(17)18-10-12-5-4-6-15-8-12/h4-6,8,11,13H,3,7,9-10H2,1-2H3/t11-,13+/m0/s1. The molecule has 1 fully saturated rings. The van der Waals surface area contributed by atoms with E-state index in [4.69, 9.17) is 4.74 Å². The quantitative estimate of drug-likeness (QED) is 0.826. The fourth-order valence-electron chi connectivity index (χ4n) is 2.47. The van der Waals surface area contributed by atoms with Crippen molar-refractivity contribution in [3.05, 3.63) is 30.1 Å². The zero-order valence-electron chi connectivity index (χ0n) is 11.0. The van der Waals surface area contributed by atoms with Crippen LogP contribution in [0.3, 0.4) is 0 Å². The van der Waals surface area contributed by atoms with Crippen LogP contribution >= 0.6 is 0 Å². The predicted octanol–water partition coefficient (Wildman–Crippen LogP) is 2.84. The molecule has 0 saturated carbocycles. The van der Waals surface area contributed by atoms with E-state index in [0.717, 1.165) is 24.9 Å². The van der Waals surface area contributed by atoms with Gasteiger partial charge in [-0.25, -0.2) is 4.79 Å². The first-order chi connectivity index (χ1) is 8.70. The number of carbonyl (C=O) groups excluding carboxylic acids is 1. The lowest BCUT2D eigenvalue weighted by Crippen LogP contribution is -2.35. The lowest BCUT2D eigenvalue weighted by molar-refractivity contribution is 0.0908. The largest absolute Gasteiger partial charge is 0.444 e. The van der Waals surface area contributed by atoms with Gasteiger partial charge in [-0.05, 0) is 24.8 Å². The third-order valence-electron chi connectivity index (χ3n) is 3.41. The fourth-order valence-corrected chi connectivity index (χ4v) is 2.47. The molecule has 1 amide bonds. The van der Waals surface area contributed by atoms with E-state index in [9.17, 15) is 4.79 Å². The van der Waals surface area contributed by atoms with Gasteiger partial charge in [-0.2, -0.15) is 0 Å². The van der Waals surface area contributed by atoms with Crippen LogP contribution in [-0.2, 0) is 11.3 Å². The third kappa shape index (κ3) is 3.00. The van der Waals surface area contributed by atoms with Crippen LogP contribution in [0.25, 0.3) is 0 Å². The maximum absolute atomic E-state index is 12.0. The molecule has 98 valence electrons. The predicted molar refractivity (Wildman–Crippen MR) is 69.0 cm³/mol. The zero-order chi connectivity index (χ0) is 13.0. The van der Waals surface area contributed by atoms with Gasteiger partial charge in [0.1, 0.15) is 6.61 Å². The summed E-state index contributed by atoms with van der Waals surface area (Å²) in [6, 6.07) is 4.08. The summed E-state index contributed by atoms with van der Waals surface area (Å²) in [6.07, 6.45) is 5.30. The molecule has 18 heavy (non-hydrogen) atoms. The van der Waals surface area contributed by atoms with E-state index in [1.54, 1.807) is 12.4 Å². The van der Waals surface area contributed by atoms with E-state index in [0.29, 0.717) is 18.6 Å². The summed E-state index contributed by atoms with van der Waals surface area (Å²) in [4.78, 5) is 17.9. The first-order valence-corrected chi connectivity index (χ1v) is 6.53. The highest BCUT2D eigenvalue weighted by molar-refractivity contribution is 5.68. The van der Waals surface area contributed by atoms with Crippen molar-refractivity contribution in [3.8, 4) is 0 Å². The molecule has 0 unspecified atom stereocenters. The monoisotopic (exact) mass is 248 g/mol. The minimum absolute atomic E-state index is 0.199. The maximum atomic E-state index is 12.0. The molecule has 1 saturated heterocycles. The number of aromatic nitrogens is 1. The van der Waals surface area contributed by atoms with Crippen LogP contribution in [0.2, 0.25) is 0 Å². The van der Waals surface area contributed by atoms with Crippen molar-refractivity contribution in [2.75, 3.05) is 6.54 Å². The van der Waals surface area contributed by atoms with Crippen LogP contribution in [0.4, 0.5) is 4.79 Å². The second-order valence-electron chi connectivity index (χ2n) is 4.97. The Morgan fingerprint density at radius 2 is 2.44 bits per heavy atom. The third-order valence-corrected chi connectivity index (χ3v) is 3.41. The van der Waals surface area contributed by atoms with Crippen molar-refractivity contribution in [1.29, 1.82) is 0 Å². The molecule has 0 spiro atoms. The Balaban J connectivity index is 1.88. The number of hydrogen-bond donors (Lipinski definition) is 0. The molecule has 0 aromatic carbocycles. The van der Waals surface area contributed by atoms with Gasteiger partial charge < -0.3 is 9.64 Å². The van der Waals surface area contributed by atoms with Gasteiger partial charge in [-0.1, -0.05) is 19.9 Å². The molecule has 1 aromatic heterocycles. The summed E-state index contributed by atoms with van der Waals surface area (Å²) in [5.74, 6) is 0.570. The fraction of sp³-hybridized carbons (Fsp3) is 0.571. The second-order valence-corrected chi connectivity index (χ2v) is 4.97. The summed E-state index contributed by atoms with van der Waals surface area (Å²) in [6.45, 7) is 5.40. The smallest absolute Gasteiger partial charge is 0.410 e. The van der Waals surface area contributed by atoms with Gasteiger partial charge in [0.25, 0.3) is 0 Å². The molecule has 1 aromatic rings. The molecule has 2 rings (SSSR count). The summed E-state index contributed by atoms with van der Waals surface area (Å²) >= 11 is 0. The summed E-state index contributed by atoms with van der Waals surface area (Å²) in [5.41, 5.74) is 0.922. The van der Waals surface area contributed by atoms with Crippen molar-refractivity contribution in [2.24, 2.45) is 5.92 Å². The maximum Gasteiger partial charge on any atom is 0.410 e. The highest BCUT2D eigenvalue weighted by atomic mass is 16.6. The Bertz CT molecular complexity index is 394. The lowest BCUT2D eigenvalue weighted by atomic mass is 10.1. The van der Waals surface area contributed by atoms with E-state index in [-0.39, 0.29) is 6.09 Å². The van der Waals surface area contributed by atoms with Crippen molar-refractivity contribution in [1.82, 2.24) is 9.88 Å². The van der Waals surface area contributed by atoms with Gasteiger partial charge in [0.15, 0.2) is 0 Å². The molecule has 4 heteroatoms. The van der Waals surface area contributed by atoms with Crippen LogP contribution in [0.15, 0.2) is 24.5 Å². The normalized spacial score (nSPS) is 23.1. The number of hydrogen-bond acceptors (Lipinski definition) is 3. The van der Waals surface area contributed by atoms with Crippen LogP contribution in [-0.4, -0.2) is 28.6 Å². The van der Waals surface area contributed by atoms with Gasteiger partial charge >= 0.3 is 6.09 Å². The molecule has 1 aliphatic rings. The molecular weight excluding hydrogens is 228 g/mol. The minimum atomic E-state index is -0.199. The van der Waals surface area contributed by atoms with Gasteiger partial charge in [0.2, 0.25) is 0 Å². The highest BCUT2D eigenvalue weighted by Gasteiger charge is 2.32. The SMILES string of the molecule is CC[C@@H]1C[C@H](C)CN1C(=O)OCc1cccnc1. The van der Waals surface area contributed by atoms with Crippen molar-refractivity contribution in [2.45, 2.75) is 39.3 Å². The Morgan fingerprint density at radius 3 is 3.11 bits per heavy atom. The summed E-state index contributed by atoms with van der Waals surface area (Å²) < 4.78 is 5.34. The zero-order valence-corrected chi connectivity index (χ0v) is 11.0. The first-order valence-electron chi connectivity index (χ1n) is 6.53. The molecule has 0 aliphatic carbocycles. The van der Waals surface area contributed by atoms with Crippen LogP contribution in [0, 0.1) is 5.92 Å². The Labute approximate surface area is 108 Å². The number of carbonyl (C=O) groups is 1. The summed E-state index contributed by atoms with van der Waals surface area (Å²) in [5, 5.41) is 0. The van der Waals surface area contributed by atoms with Crippen molar-refractivity contribution >= 4 is 6.09 Å². The lowest BCUT2D eigenvalue weighted by Gasteiger charge is -2.22. The molecule has 2 heterocycles. The Morgan fingerprint density at radius 1 is 1.61 bits per heavy atom. The van der Waals surface area contributed by atoms with E-state index in [2.05, 4.69) is 18.8 Å². The van der Waals surface area contributed by atoms with Crippen LogP contribution in [0.1, 0.15) is 32.3 Å². The molecule has 1 aliphatic heterocycles. The van der Waals surface area contributed by atoms with Crippen molar-refractivity contribution < 1.29 is 9.53 Å².